The van der Waals surface area contributed by atoms with Gasteiger partial charge in [0.2, 0.25) is 6.79 Å². The van der Waals surface area contributed by atoms with Gasteiger partial charge in [0.25, 0.3) is 0 Å². The molecular formula is C22H24BrNO5S. The Morgan fingerprint density at radius 2 is 2.07 bits per heavy atom. The summed E-state index contributed by atoms with van der Waals surface area (Å²) < 4.78 is 17.4. The molecule has 0 fully saturated rings. The molecule has 1 N–H and O–H groups in total. The number of halogens is 1. The van der Waals surface area contributed by atoms with Gasteiger partial charge in [-0.25, -0.2) is 4.79 Å². The highest BCUT2D eigenvalue weighted by atomic mass is 79.9. The highest BCUT2D eigenvalue weighted by Gasteiger charge is 2.40. The summed E-state index contributed by atoms with van der Waals surface area (Å²) in [6.07, 6.45) is 2.07. The maximum absolute atomic E-state index is 13.1. The number of benzene rings is 1. The molecule has 160 valence electrons. The van der Waals surface area contributed by atoms with Crippen molar-refractivity contribution in [2.24, 2.45) is 0 Å². The second kappa shape index (κ2) is 9.06. The van der Waals surface area contributed by atoms with Gasteiger partial charge in [0, 0.05) is 39.5 Å². The summed E-state index contributed by atoms with van der Waals surface area (Å²) in [6, 6.07) is 3.70. The Hall–Kier alpha value is -1.93. The summed E-state index contributed by atoms with van der Waals surface area (Å²) in [4.78, 5) is 26.1. The molecule has 2 aliphatic heterocycles. The molecule has 1 atom stereocenters. The highest BCUT2D eigenvalue weighted by Crippen LogP contribution is 2.48. The van der Waals surface area contributed by atoms with Gasteiger partial charge >= 0.3 is 5.97 Å². The Balaban J connectivity index is 1.77. The summed E-state index contributed by atoms with van der Waals surface area (Å²) in [5.74, 6) is 2.14. The van der Waals surface area contributed by atoms with Crippen molar-refractivity contribution in [3.63, 3.8) is 0 Å². The first-order valence-corrected chi connectivity index (χ1v) is 12.0. The third kappa shape index (κ3) is 3.99. The van der Waals surface area contributed by atoms with E-state index in [0.29, 0.717) is 35.7 Å². The molecule has 0 amide bonds. The molecule has 3 aliphatic rings. The summed E-state index contributed by atoms with van der Waals surface area (Å²) in [5.41, 5.74) is 3.56. The number of Topliss-reactive ketones (excluding diaryl/α,β-unsaturated/α-hetero) is 1. The number of rotatable bonds is 6. The van der Waals surface area contributed by atoms with Gasteiger partial charge in [0.1, 0.15) is 6.61 Å². The SMILES string of the molecule is CCSCCOC(=O)C1=C(C)NC2=C(C(=O)CCC2)[C@H]1c1cc2c(cc1Br)OCO2. The van der Waals surface area contributed by atoms with Crippen LogP contribution in [0.4, 0.5) is 0 Å². The molecule has 6 nitrogen and oxygen atoms in total. The van der Waals surface area contributed by atoms with Gasteiger partial charge in [-0.15, -0.1) is 0 Å². The van der Waals surface area contributed by atoms with E-state index in [9.17, 15) is 9.59 Å². The second-order valence-electron chi connectivity index (χ2n) is 7.33. The minimum atomic E-state index is -0.510. The highest BCUT2D eigenvalue weighted by molar-refractivity contribution is 9.10. The number of nitrogens with one attached hydrogen (secondary N) is 1. The fraction of sp³-hybridized carbons (Fsp3) is 0.455. The Labute approximate surface area is 188 Å². The van der Waals surface area contributed by atoms with E-state index in [4.69, 9.17) is 14.2 Å². The van der Waals surface area contributed by atoms with Crippen LogP contribution >= 0.6 is 27.7 Å². The van der Waals surface area contributed by atoms with Crippen LogP contribution in [0, 0.1) is 0 Å². The average molecular weight is 494 g/mol. The van der Waals surface area contributed by atoms with Crippen LogP contribution in [0.3, 0.4) is 0 Å². The van der Waals surface area contributed by atoms with Crippen molar-refractivity contribution in [1.29, 1.82) is 0 Å². The Bertz CT molecular complexity index is 955. The molecule has 0 bridgehead atoms. The van der Waals surface area contributed by atoms with E-state index >= 15 is 0 Å². The van der Waals surface area contributed by atoms with Gasteiger partial charge in [-0.2, -0.15) is 11.8 Å². The van der Waals surface area contributed by atoms with Crippen LogP contribution in [-0.2, 0) is 14.3 Å². The van der Waals surface area contributed by atoms with Crippen LogP contribution < -0.4 is 14.8 Å². The first-order chi connectivity index (χ1) is 14.5. The lowest BCUT2D eigenvalue weighted by Crippen LogP contribution is -2.34. The van der Waals surface area contributed by atoms with Crippen molar-refractivity contribution in [3.8, 4) is 11.5 Å². The lowest BCUT2D eigenvalue weighted by molar-refractivity contribution is -0.138. The lowest BCUT2D eigenvalue weighted by atomic mass is 9.75. The maximum atomic E-state index is 13.1. The van der Waals surface area contributed by atoms with Crippen LogP contribution in [-0.4, -0.2) is 36.7 Å². The zero-order valence-corrected chi connectivity index (χ0v) is 19.4. The maximum Gasteiger partial charge on any atom is 0.336 e. The minimum Gasteiger partial charge on any atom is -0.461 e. The molecular weight excluding hydrogens is 470 g/mol. The molecule has 0 unspecified atom stereocenters. The van der Waals surface area contributed by atoms with Crippen LogP contribution in [0.25, 0.3) is 0 Å². The van der Waals surface area contributed by atoms with Crippen molar-refractivity contribution in [2.45, 2.75) is 39.0 Å². The van der Waals surface area contributed by atoms with Crippen LogP contribution in [0.5, 0.6) is 11.5 Å². The number of hydrogen-bond donors (Lipinski definition) is 1. The number of thioether (sulfide) groups is 1. The number of dihydropyridines is 1. The molecule has 1 aromatic rings. The monoisotopic (exact) mass is 493 g/mol. The van der Waals surface area contributed by atoms with E-state index in [-0.39, 0.29) is 12.6 Å². The van der Waals surface area contributed by atoms with Crippen molar-refractivity contribution < 1.29 is 23.8 Å². The lowest BCUT2D eigenvalue weighted by Gasteiger charge is -2.34. The normalized spacial score (nSPS) is 20.2. The molecule has 30 heavy (non-hydrogen) atoms. The molecule has 8 heteroatoms. The van der Waals surface area contributed by atoms with E-state index in [1.54, 1.807) is 11.8 Å². The van der Waals surface area contributed by atoms with Crippen molar-refractivity contribution >= 4 is 39.4 Å². The predicted molar refractivity (Wildman–Crippen MR) is 119 cm³/mol. The summed E-state index contributed by atoms with van der Waals surface area (Å²) in [7, 11) is 0. The number of fused-ring (bicyclic) bond motifs is 1. The van der Waals surface area contributed by atoms with Crippen molar-refractivity contribution in [1.82, 2.24) is 5.32 Å². The standard InChI is InChI=1S/C22H24BrNO5S/c1-3-30-8-7-27-22(26)19-12(2)24-15-5-4-6-16(25)21(15)20(19)13-9-17-18(10-14(13)23)29-11-28-17/h9-10,20,24H,3-8,11H2,1-2H3/t20-/m0/s1. The zero-order chi connectivity index (χ0) is 21.3. The van der Waals surface area contributed by atoms with Gasteiger partial charge in [0.05, 0.1) is 5.57 Å². The first-order valence-electron chi connectivity index (χ1n) is 10.1. The van der Waals surface area contributed by atoms with E-state index in [0.717, 1.165) is 45.8 Å². The third-order valence-corrected chi connectivity index (χ3v) is 7.01. The topological polar surface area (TPSA) is 73.9 Å². The van der Waals surface area contributed by atoms with E-state index in [2.05, 4.69) is 28.2 Å². The molecule has 0 radical (unpaired) electrons. The summed E-state index contributed by atoms with van der Waals surface area (Å²) >= 11 is 5.34. The Morgan fingerprint density at radius 1 is 1.30 bits per heavy atom. The van der Waals surface area contributed by atoms with Gasteiger partial charge in [-0.1, -0.05) is 22.9 Å². The smallest absolute Gasteiger partial charge is 0.336 e. The van der Waals surface area contributed by atoms with Crippen LogP contribution in [0.1, 0.15) is 44.6 Å². The molecule has 2 heterocycles. The van der Waals surface area contributed by atoms with Crippen molar-refractivity contribution in [3.05, 3.63) is 44.7 Å². The number of hydrogen-bond acceptors (Lipinski definition) is 7. The van der Waals surface area contributed by atoms with Gasteiger partial charge in [0.15, 0.2) is 17.3 Å². The van der Waals surface area contributed by atoms with Gasteiger partial charge < -0.3 is 19.5 Å². The number of allylic oxidation sites excluding steroid dienone is 3. The molecule has 1 aromatic carbocycles. The van der Waals surface area contributed by atoms with Gasteiger partial charge in [-0.3, -0.25) is 4.79 Å². The third-order valence-electron chi connectivity index (χ3n) is 5.46. The summed E-state index contributed by atoms with van der Waals surface area (Å²) in [6.45, 7) is 4.43. The van der Waals surface area contributed by atoms with E-state index in [1.165, 1.54) is 0 Å². The molecule has 0 saturated carbocycles. The zero-order valence-electron chi connectivity index (χ0n) is 17.0. The van der Waals surface area contributed by atoms with Crippen LogP contribution in [0.2, 0.25) is 0 Å². The largest absolute Gasteiger partial charge is 0.461 e. The number of carbonyl (C=O) groups is 2. The molecule has 0 saturated heterocycles. The number of esters is 1. The second-order valence-corrected chi connectivity index (χ2v) is 9.57. The number of ether oxygens (including phenoxy) is 3. The first kappa shape index (κ1) is 21.3. The van der Waals surface area contributed by atoms with E-state index in [1.807, 2.05) is 19.1 Å². The van der Waals surface area contributed by atoms with Crippen molar-refractivity contribution in [2.75, 3.05) is 24.9 Å². The summed E-state index contributed by atoms with van der Waals surface area (Å²) in [5, 5.41) is 3.31. The minimum absolute atomic E-state index is 0.0673. The molecule has 0 spiro atoms. The van der Waals surface area contributed by atoms with Gasteiger partial charge in [-0.05, 0) is 43.2 Å². The van der Waals surface area contributed by atoms with Crippen LogP contribution in [0.15, 0.2) is 39.1 Å². The molecule has 0 aromatic heterocycles. The number of carbonyl (C=O) groups excluding carboxylic acids is 2. The molecule has 4 rings (SSSR count). The average Bonchev–Trinajstić information content (AvgIpc) is 3.17. The van der Waals surface area contributed by atoms with E-state index < -0.39 is 11.9 Å². The quantitative estimate of drug-likeness (QED) is 0.463. The number of ketones is 1. The Morgan fingerprint density at radius 3 is 2.83 bits per heavy atom. The Kier molecular flexibility index (Phi) is 6.43. The fourth-order valence-electron chi connectivity index (χ4n) is 4.13. The molecule has 1 aliphatic carbocycles. The fourth-order valence-corrected chi connectivity index (χ4v) is 5.18. The predicted octanol–water partition coefficient (Wildman–Crippen LogP) is 4.44.